The van der Waals surface area contributed by atoms with Gasteiger partial charge in [-0.1, -0.05) is 28.9 Å². The van der Waals surface area contributed by atoms with Crippen LogP contribution < -0.4 is 37.9 Å². The van der Waals surface area contributed by atoms with Gasteiger partial charge in [-0.05, 0) is 60.9 Å². The van der Waals surface area contributed by atoms with Crippen molar-refractivity contribution in [2.24, 2.45) is 0 Å². The van der Waals surface area contributed by atoms with Crippen LogP contribution in [0, 0.1) is 0 Å². The van der Waals surface area contributed by atoms with Crippen molar-refractivity contribution in [3.05, 3.63) is 113 Å². The van der Waals surface area contributed by atoms with E-state index in [1.54, 1.807) is 4.90 Å². The Morgan fingerprint density at radius 2 is 1.89 bits per heavy atom. The molecular weight excluding hydrogens is 580 g/mol. The summed E-state index contributed by atoms with van der Waals surface area (Å²) < 4.78 is 4.68. The first kappa shape index (κ1) is 28.1. The summed E-state index contributed by atoms with van der Waals surface area (Å²) in [4.78, 5) is 73.9. The number of aromatic amines is 1. The molecule has 4 aromatic rings. The summed E-state index contributed by atoms with van der Waals surface area (Å²) in [6.07, 6.45) is 6.02. The standard InChI is InChI=1S/C31H28N8O6/c1-14-17-6-7-20(19(17)5-4-18(14)28-37-31(44)45-38-28)36-30(43)22-11-21(34-13-35-22)29(42)33-12-15-2-3-16-8-9-39(23(16)10-15)25-24(32)26(40)27(25)41/h2-3,5,10-11,13,18,20H,4,6-9,12,32H2,1H3,(H,33,42)(H,36,43)(H,37,38,44)/t18?,20-/m0/s1. The Hall–Kier alpha value is -5.66. The predicted octanol–water partition coefficient (Wildman–Crippen LogP) is 1.28. The van der Waals surface area contributed by atoms with Gasteiger partial charge in [0.1, 0.15) is 29.1 Å². The molecule has 2 amide bonds. The zero-order chi connectivity index (χ0) is 31.4. The Kier molecular flexibility index (Phi) is 6.75. The quantitative estimate of drug-likeness (QED) is 0.220. The smallest absolute Gasteiger partial charge is 0.394 e. The van der Waals surface area contributed by atoms with E-state index in [2.05, 4.69) is 41.3 Å². The molecule has 0 spiro atoms. The first-order valence-electron chi connectivity index (χ1n) is 14.5. The van der Waals surface area contributed by atoms with Crippen molar-refractivity contribution in [1.82, 2.24) is 30.7 Å². The maximum absolute atomic E-state index is 13.2. The molecule has 0 radical (unpaired) electrons. The fraction of sp³-hybridized carbons (Fsp3) is 0.290. The fourth-order valence-electron chi connectivity index (χ4n) is 6.52. The zero-order valence-electron chi connectivity index (χ0n) is 24.2. The molecule has 228 valence electrons. The molecule has 1 saturated carbocycles. The Balaban J connectivity index is 0.998. The number of allylic oxidation sites excluding steroid dienone is 2. The molecular formula is C31H28N8O6. The minimum Gasteiger partial charge on any atom is -0.394 e. The molecule has 5 N–H and O–H groups in total. The lowest BCUT2D eigenvalue weighted by molar-refractivity contribution is 0.0938. The summed E-state index contributed by atoms with van der Waals surface area (Å²) in [5.41, 5.74) is 10.6. The summed E-state index contributed by atoms with van der Waals surface area (Å²) in [5.74, 6) is -1.09. The number of carbonyl (C=O) groups is 2. The minimum absolute atomic E-state index is 0.0270. The predicted molar refractivity (Wildman–Crippen MR) is 162 cm³/mol. The van der Waals surface area contributed by atoms with Crippen LogP contribution in [-0.2, 0) is 13.0 Å². The number of H-pyrrole nitrogens is 1. The van der Waals surface area contributed by atoms with E-state index in [9.17, 15) is 24.0 Å². The lowest BCUT2D eigenvalue weighted by Crippen LogP contribution is -2.40. The van der Waals surface area contributed by atoms with Crippen molar-refractivity contribution in [1.29, 1.82) is 0 Å². The number of anilines is 3. The van der Waals surface area contributed by atoms with Crippen molar-refractivity contribution >= 4 is 28.9 Å². The second-order valence-electron chi connectivity index (χ2n) is 11.4. The number of carbonyl (C=O) groups excluding carboxylic acids is 2. The molecule has 2 aromatic carbocycles. The lowest BCUT2D eigenvalue weighted by Gasteiger charge is -2.24. The van der Waals surface area contributed by atoms with E-state index in [1.807, 2.05) is 25.1 Å². The molecule has 2 aromatic heterocycles. The second kappa shape index (κ2) is 10.8. The minimum atomic E-state index is -0.664. The lowest BCUT2D eigenvalue weighted by atomic mass is 9.84. The van der Waals surface area contributed by atoms with E-state index >= 15 is 0 Å². The van der Waals surface area contributed by atoms with Gasteiger partial charge in [0.25, 0.3) is 22.7 Å². The Bertz CT molecular complexity index is 2080. The van der Waals surface area contributed by atoms with E-state index in [0.29, 0.717) is 31.6 Å². The van der Waals surface area contributed by atoms with E-state index in [4.69, 9.17) is 5.73 Å². The molecule has 7 rings (SSSR count). The van der Waals surface area contributed by atoms with E-state index in [1.165, 1.54) is 12.4 Å². The van der Waals surface area contributed by atoms with Gasteiger partial charge in [-0.3, -0.25) is 28.7 Å². The summed E-state index contributed by atoms with van der Waals surface area (Å²) >= 11 is 0. The van der Waals surface area contributed by atoms with Crippen LogP contribution in [0.3, 0.4) is 0 Å². The van der Waals surface area contributed by atoms with Crippen LogP contribution in [0.4, 0.5) is 17.1 Å². The van der Waals surface area contributed by atoms with Crippen molar-refractivity contribution < 1.29 is 14.1 Å². The number of nitrogens with one attached hydrogen (secondary N) is 3. The van der Waals surface area contributed by atoms with E-state index < -0.39 is 28.4 Å². The van der Waals surface area contributed by atoms with Crippen molar-refractivity contribution in [2.45, 2.75) is 51.1 Å². The van der Waals surface area contributed by atoms with Gasteiger partial charge in [0.15, 0.2) is 5.82 Å². The summed E-state index contributed by atoms with van der Waals surface area (Å²) in [6, 6.07) is 6.80. The van der Waals surface area contributed by atoms with Crippen LogP contribution in [0.25, 0.3) is 0 Å². The Morgan fingerprint density at radius 3 is 2.64 bits per heavy atom. The molecule has 2 atom stereocenters. The molecule has 1 fully saturated rings. The van der Waals surface area contributed by atoms with Crippen molar-refractivity contribution in [2.75, 3.05) is 17.2 Å². The molecule has 45 heavy (non-hydrogen) atoms. The van der Waals surface area contributed by atoms with Gasteiger partial charge in [0.2, 0.25) is 0 Å². The Morgan fingerprint density at radius 1 is 1.09 bits per heavy atom. The van der Waals surface area contributed by atoms with E-state index in [-0.39, 0.29) is 41.3 Å². The largest absolute Gasteiger partial charge is 0.438 e. The number of nitrogen functional groups attached to an aromatic ring is 1. The van der Waals surface area contributed by atoms with Gasteiger partial charge < -0.3 is 21.3 Å². The maximum Gasteiger partial charge on any atom is 0.438 e. The molecule has 14 heteroatoms. The number of nitrogens with zero attached hydrogens (tertiary/aromatic N) is 4. The van der Waals surface area contributed by atoms with Crippen LogP contribution in [0.15, 0.2) is 72.3 Å². The maximum atomic E-state index is 13.2. The van der Waals surface area contributed by atoms with Gasteiger partial charge in [-0.25, -0.2) is 14.8 Å². The normalized spacial score (nSPS) is 19.0. The Labute approximate surface area is 254 Å². The van der Waals surface area contributed by atoms with Gasteiger partial charge in [0, 0.05) is 30.8 Å². The molecule has 3 heterocycles. The van der Waals surface area contributed by atoms with E-state index in [0.717, 1.165) is 40.0 Å². The first-order valence-corrected chi connectivity index (χ1v) is 14.5. The van der Waals surface area contributed by atoms with Crippen LogP contribution in [0.5, 0.6) is 0 Å². The molecule has 1 unspecified atom stereocenters. The van der Waals surface area contributed by atoms with Crippen LogP contribution >= 0.6 is 0 Å². The van der Waals surface area contributed by atoms with Crippen molar-refractivity contribution in [3.63, 3.8) is 0 Å². The average molecular weight is 609 g/mol. The number of rotatable bonds is 7. The topological polar surface area (TPSA) is 206 Å². The summed E-state index contributed by atoms with van der Waals surface area (Å²) in [7, 11) is 0. The molecule has 0 saturated heterocycles. The highest BCUT2D eigenvalue weighted by Gasteiger charge is 2.34. The number of fused-ring (bicyclic) bond motifs is 2. The summed E-state index contributed by atoms with van der Waals surface area (Å²) in [5, 5.41) is 9.70. The molecule has 0 bridgehead atoms. The van der Waals surface area contributed by atoms with Gasteiger partial charge in [-0.2, -0.15) is 0 Å². The third-order valence-electron chi connectivity index (χ3n) is 8.89. The number of hydrogen-bond acceptors (Lipinski definition) is 11. The monoisotopic (exact) mass is 608 g/mol. The molecule has 2 aliphatic carbocycles. The third kappa shape index (κ3) is 4.83. The second-order valence-corrected chi connectivity index (χ2v) is 11.4. The van der Waals surface area contributed by atoms with Gasteiger partial charge in [0.05, 0.1) is 6.04 Å². The number of aromatic nitrogens is 4. The number of benzene rings is 1. The number of nitrogens with two attached hydrogens (primary N) is 1. The zero-order valence-corrected chi connectivity index (χ0v) is 24.2. The highest BCUT2D eigenvalue weighted by Crippen LogP contribution is 2.43. The SMILES string of the molecule is CC1=C2CC[C@H](NC(=O)c3cc(C(=O)NCc4ccc5c(c4)N(c4c(N)c(=O)c4=O)CC5)ncn3)C2=CCC1c1noc(=O)[nH]1. The van der Waals surface area contributed by atoms with Crippen LogP contribution in [0.2, 0.25) is 0 Å². The highest BCUT2D eigenvalue weighted by molar-refractivity contribution is 5.97. The number of hydrogen-bond donors (Lipinski definition) is 4. The molecule has 14 nitrogen and oxygen atoms in total. The van der Waals surface area contributed by atoms with Crippen LogP contribution in [-0.4, -0.2) is 44.5 Å². The number of amides is 2. The first-order chi connectivity index (χ1) is 21.7. The third-order valence-corrected chi connectivity index (χ3v) is 8.89. The average Bonchev–Trinajstić information content (AvgIpc) is 3.79. The molecule has 1 aliphatic heterocycles. The molecule has 3 aliphatic rings. The fourth-order valence-corrected chi connectivity index (χ4v) is 6.52. The van der Waals surface area contributed by atoms with Crippen molar-refractivity contribution in [3.8, 4) is 0 Å². The highest BCUT2D eigenvalue weighted by atomic mass is 16.5. The van der Waals surface area contributed by atoms with Gasteiger partial charge >= 0.3 is 5.76 Å². The van der Waals surface area contributed by atoms with Crippen LogP contribution in [0.1, 0.15) is 70.0 Å². The van der Waals surface area contributed by atoms with Gasteiger partial charge in [-0.15, -0.1) is 0 Å². The summed E-state index contributed by atoms with van der Waals surface area (Å²) in [6.45, 7) is 2.71.